The molecule has 1 aromatic rings. The van der Waals surface area contributed by atoms with E-state index in [4.69, 9.17) is 9.47 Å². The van der Waals surface area contributed by atoms with Crippen molar-refractivity contribution in [2.24, 2.45) is 5.92 Å². The molecule has 1 aliphatic heterocycles. The van der Waals surface area contributed by atoms with E-state index < -0.39 is 41.8 Å². The number of amides is 2. The third kappa shape index (κ3) is 4.78. The fraction of sp³-hybridized carbons (Fsp3) is 0.560. The number of hydrogen-bond acceptors (Lipinski definition) is 8. The Hall–Kier alpha value is -2.95. The molecular weight excluding hydrogens is 456 g/mol. The molecular formula is C25H32N2O8. The van der Waals surface area contributed by atoms with E-state index in [0.717, 1.165) is 12.8 Å². The van der Waals surface area contributed by atoms with E-state index in [1.54, 1.807) is 19.1 Å². The van der Waals surface area contributed by atoms with Crippen molar-refractivity contribution in [1.29, 1.82) is 0 Å². The summed E-state index contributed by atoms with van der Waals surface area (Å²) in [5.41, 5.74) is 1.38. The number of aliphatic hydroxyl groups excluding tert-OH is 3. The zero-order valence-electron chi connectivity index (χ0n) is 19.9. The van der Waals surface area contributed by atoms with Gasteiger partial charge in [0.25, 0.3) is 5.91 Å². The number of carbonyl (C=O) groups excluding carboxylic acids is 3. The molecule has 0 aromatic heterocycles. The number of ketones is 1. The zero-order valence-corrected chi connectivity index (χ0v) is 19.9. The van der Waals surface area contributed by atoms with Crippen LogP contribution in [0.5, 0.6) is 11.5 Å². The van der Waals surface area contributed by atoms with Crippen molar-refractivity contribution in [1.82, 2.24) is 10.2 Å². The lowest BCUT2D eigenvalue weighted by Gasteiger charge is -2.40. The third-order valence-electron chi connectivity index (χ3n) is 6.83. The van der Waals surface area contributed by atoms with E-state index in [2.05, 4.69) is 5.32 Å². The van der Waals surface area contributed by atoms with Gasteiger partial charge in [0.2, 0.25) is 11.7 Å². The van der Waals surface area contributed by atoms with Crippen LogP contribution in [-0.2, 0) is 21.0 Å². The molecule has 1 fully saturated rings. The fourth-order valence-corrected chi connectivity index (χ4v) is 4.85. The Labute approximate surface area is 203 Å². The Morgan fingerprint density at radius 3 is 2.57 bits per heavy atom. The summed E-state index contributed by atoms with van der Waals surface area (Å²) in [4.78, 5) is 40.0. The van der Waals surface area contributed by atoms with Gasteiger partial charge in [-0.3, -0.25) is 14.4 Å². The number of carbonyl (C=O) groups is 3. The Kier molecular flexibility index (Phi) is 7.44. The van der Waals surface area contributed by atoms with Crippen molar-refractivity contribution in [3.05, 3.63) is 34.9 Å². The summed E-state index contributed by atoms with van der Waals surface area (Å²) in [5, 5.41) is 33.0. The van der Waals surface area contributed by atoms with Crippen LogP contribution in [0, 0.1) is 5.92 Å². The highest BCUT2D eigenvalue weighted by Crippen LogP contribution is 2.51. The first-order valence-electron chi connectivity index (χ1n) is 11.9. The lowest BCUT2D eigenvalue weighted by atomic mass is 9.77. The number of ether oxygens (including phenoxy) is 2. The molecule has 0 spiro atoms. The number of aliphatic hydroxyl groups is 3. The first-order valence-corrected chi connectivity index (χ1v) is 11.9. The van der Waals surface area contributed by atoms with Crippen LogP contribution in [0.2, 0.25) is 0 Å². The molecule has 4 N–H and O–H groups in total. The first-order chi connectivity index (χ1) is 16.8. The molecule has 4 unspecified atom stereocenters. The highest BCUT2D eigenvalue weighted by molar-refractivity contribution is 6.36. The summed E-state index contributed by atoms with van der Waals surface area (Å²) in [5.74, 6) is -1.49. The van der Waals surface area contributed by atoms with Crippen LogP contribution in [0.1, 0.15) is 43.2 Å². The molecule has 3 aliphatic rings. The summed E-state index contributed by atoms with van der Waals surface area (Å²) in [6, 6.07) is 2.38. The van der Waals surface area contributed by atoms with E-state index in [-0.39, 0.29) is 37.7 Å². The van der Waals surface area contributed by atoms with E-state index in [0.29, 0.717) is 29.2 Å². The average molecular weight is 489 g/mol. The third-order valence-corrected chi connectivity index (χ3v) is 6.83. The molecule has 1 heterocycles. The number of rotatable bonds is 10. The van der Waals surface area contributed by atoms with Crippen molar-refractivity contribution >= 4 is 17.6 Å². The summed E-state index contributed by atoms with van der Waals surface area (Å²) in [7, 11) is 1.46. The minimum Gasteiger partial charge on any atom is -0.493 e. The van der Waals surface area contributed by atoms with E-state index in [1.807, 2.05) is 0 Å². The van der Waals surface area contributed by atoms with E-state index >= 15 is 0 Å². The number of fused-ring (bicyclic) bond motifs is 3. The predicted octanol–water partition coefficient (Wildman–Crippen LogP) is 0.0278. The van der Waals surface area contributed by atoms with Gasteiger partial charge in [-0.05, 0) is 42.5 Å². The molecule has 4 rings (SSSR count). The average Bonchev–Trinajstić information content (AvgIpc) is 3.62. The molecule has 10 nitrogen and oxygen atoms in total. The molecule has 1 saturated carbocycles. The molecule has 190 valence electrons. The van der Waals surface area contributed by atoms with Gasteiger partial charge in [0, 0.05) is 30.6 Å². The van der Waals surface area contributed by atoms with Crippen LogP contribution in [0.25, 0.3) is 0 Å². The molecule has 2 aliphatic carbocycles. The fourth-order valence-electron chi connectivity index (χ4n) is 4.85. The van der Waals surface area contributed by atoms with Gasteiger partial charge in [0.15, 0.2) is 11.5 Å². The largest absolute Gasteiger partial charge is 0.493 e. The quantitative estimate of drug-likeness (QED) is 0.338. The van der Waals surface area contributed by atoms with Gasteiger partial charge in [0.05, 0.1) is 32.3 Å². The summed E-state index contributed by atoms with van der Waals surface area (Å²) < 4.78 is 11.6. The normalized spacial score (nSPS) is 24.5. The van der Waals surface area contributed by atoms with Gasteiger partial charge < -0.3 is 35.0 Å². The summed E-state index contributed by atoms with van der Waals surface area (Å²) in [6.45, 7) is 1.41. The van der Waals surface area contributed by atoms with E-state index in [9.17, 15) is 29.7 Å². The smallest absolute Gasteiger partial charge is 0.290 e. The number of Topliss-reactive ketones (excluding diaryl/α,β-unsaturated/α-hetero) is 1. The van der Waals surface area contributed by atoms with Crippen molar-refractivity contribution in [2.45, 2.75) is 57.0 Å². The Balaban J connectivity index is 1.80. The maximum Gasteiger partial charge on any atom is 0.290 e. The minimum atomic E-state index is -1.23. The van der Waals surface area contributed by atoms with Gasteiger partial charge >= 0.3 is 0 Å². The first kappa shape index (κ1) is 25.2. The lowest BCUT2D eigenvalue weighted by Crippen LogP contribution is -2.57. The molecule has 2 amide bonds. The number of methoxy groups -OCH3 is 1. The highest BCUT2D eigenvalue weighted by Gasteiger charge is 2.52. The van der Waals surface area contributed by atoms with Gasteiger partial charge in [-0.2, -0.15) is 0 Å². The predicted molar refractivity (Wildman–Crippen MR) is 124 cm³/mol. The molecule has 35 heavy (non-hydrogen) atoms. The van der Waals surface area contributed by atoms with Crippen LogP contribution in [0.15, 0.2) is 23.8 Å². The van der Waals surface area contributed by atoms with Crippen LogP contribution < -0.4 is 14.8 Å². The Morgan fingerprint density at radius 2 is 1.97 bits per heavy atom. The molecule has 0 bridgehead atoms. The zero-order chi connectivity index (χ0) is 25.3. The second kappa shape index (κ2) is 10.3. The minimum absolute atomic E-state index is 0.0214. The van der Waals surface area contributed by atoms with E-state index in [1.165, 1.54) is 18.1 Å². The number of nitrogens with zero attached hydrogens (tertiary/aromatic N) is 1. The van der Waals surface area contributed by atoms with Crippen LogP contribution in [-0.4, -0.2) is 82.9 Å². The van der Waals surface area contributed by atoms with Crippen molar-refractivity contribution < 1.29 is 39.2 Å². The Bertz CT molecular complexity index is 1030. The second-order valence-corrected chi connectivity index (χ2v) is 9.20. The summed E-state index contributed by atoms with van der Waals surface area (Å²) >= 11 is 0. The molecule has 10 heteroatoms. The Morgan fingerprint density at radius 1 is 1.23 bits per heavy atom. The highest BCUT2D eigenvalue weighted by atomic mass is 16.5. The molecule has 0 radical (unpaired) electrons. The number of benzene rings is 1. The lowest BCUT2D eigenvalue weighted by molar-refractivity contribution is -0.148. The topological polar surface area (TPSA) is 146 Å². The number of nitrogens with one attached hydrogen (secondary N) is 1. The van der Waals surface area contributed by atoms with Crippen molar-refractivity contribution in [3.8, 4) is 11.5 Å². The van der Waals surface area contributed by atoms with Crippen LogP contribution >= 0.6 is 0 Å². The van der Waals surface area contributed by atoms with Gasteiger partial charge in [0.1, 0.15) is 12.2 Å². The SMILES string of the molecule is CCC(=O)C(=O)N(CC1CC1)C1C=C(C(=O)NCCO)C2c3cc(CO)cc(OC)c3OC2C1O. The van der Waals surface area contributed by atoms with Gasteiger partial charge in [-0.1, -0.05) is 6.92 Å². The van der Waals surface area contributed by atoms with Gasteiger partial charge in [-0.15, -0.1) is 0 Å². The monoisotopic (exact) mass is 488 g/mol. The maximum absolute atomic E-state index is 13.2. The standard InChI is InChI=1S/C25H32N2O8/c1-3-18(30)25(33)27(11-13-4-5-13)17-10-16(24(32)26-6-7-28)20-15-8-14(12-29)9-19(34-2)22(15)35-23(20)21(17)31/h8-10,13,17,20-21,23,28-29,31H,3-7,11-12H2,1-2H3,(H,26,32). The van der Waals surface area contributed by atoms with Crippen LogP contribution in [0.4, 0.5) is 0 Å². The van der Waals surface area contributed by atoms with Crippen LogP contribution in [0.3, 0.4) is 0 Å². The number of hydrogen-bond donors (Lipinski definition) is 4. The molecule has 4 atom stereocenters. The van der Waals surface area contributed by atoms with Gasteiger partial charge in [-0.25, -0.2) is 0 Å². The summed E-state index contributed by atoms with van der Waals surface area (Å²) in [6.07, 6.45) is 1.27. The maximum atomic E-state index is 13.2. The van der Waals surface area contributed by atoms with Crippen molar-refractivity contribution in [3.63, 3.8) is 0 Å². The van der Waals surface area contributed by atoms with Crippen molar-refractivity contribution in [2.75, 3.05) is 26.8 Å². The second-order valence-electron chi connectivity index (χ2n) is 9.20. The molecule has 1 aromatic carbocycles. The molecule has 0 saturated heterocycles.